The maximum Gasteiger partial charge on any atom is 0.483 e. The summed E-state index contributed by atoms with van der Waals surface area (Å²) < 4.78 is 54.8. The molecule has 2 aliphatic heterocycles. The van der Waals surface area contributed by atoms with Crippen LogP contribution in [0, 0.1) is 0 Å². The number of aliphatic hydroxyl groups is 4. The molecule has 1 amide bonds. The average Bonchev–Trinajstić information content (AvgIpc) is 3.12. The number of carbonyl (C=O) groups is 1. The maximum absolute atomic E-state index is 12.5. The normalized spacial score (nSPS) is 35.5. The summed E-state index contributed by atoms with van der Waals surface area (Å²) in [4.78, 5) is 56.8. The van der Waals surface area contributed by atoms with Crippen LogP contribution in [0.2, 0.25) is 0 Å². The topological polar surface area (TPSA) is 295 Å². The fourth-order valence-corrected chi connectivity index (χ4v) is 6.20. The molecule has 2 fully saturated rings. The average molecular weight is 621 g/mol. The fourth-order valence-electron chi connectivity index (χ4n) is 4.03. The molecular formula is C18H29N3O17P2. The predicted molar refractivity (Wildman–Crippen MR) is 125 cm³/mol. The van der Waals surface area contributed by atoms with E-state index in [0.29, 0.717) is 0 Å². The molecule has 0 aromatic carbocycles. The largest absolute Gasteiger partial charge is 0.483 e. The molecule has 20 nitrogen and oxygen atoms in total. The van der Waals surface area contributed by atoms with Crippen LogP contribution in [0.3, 0.4) is 0 Å². The first-order valence-electron chi connectivity index (χ1n) is 11.4. The Balaban J connectivity index is 1.67. The van der Waals surface area contributed by atoms with Gasteiger partial charge in [-0.15, -0.1) is 0 Å². The SMILES string of the molecule is CO[C@@H]1[C@H](O)[C@@H](NC(C)=O)[C@H](OP(=O)(O)OP(=O)(O)OC[C@H]2O[C@@H](n3ccc(=O)[nH]c3=O)[C@H](O)[C@@H]2O)O[C@@H]1CO. The molecule has 0 aliphatic carbocycles. The minimum Gasteiger partial charge on any atom is -0.394 e. The van der Waals surface area contributed by atoms with Gasteiger partial charge < -0.3 is 49.7 Å². The third-order valence-electron chi connectivity index (χ3n) is 5.80. The second kappa shape index (κ2) is 13.0. The van der Waals surface area contributed by atoms with Crippen LogP contribution >= 0.6 is 15.6 Å². The van der Waals surface area contributed by atoms with Gasteiger partial charge in [0.15, 0.2) is 12.5 Å². The fraction of sp³-hybridized carbons (Fsp3) is 0.722. The number of phosphoric ester groups is 2. The number of amides is 1. The van der Waals surface area contributed by atoms with Crippen LogP contribution in [0.5, 0.6) is 0 Å². The zero-order chi connectivity index (χ0) is 30.0. The number of H-pyrrole nitrogens is 1. The van der Waals surface area contributed by atoms with E-state index in [1.165, 1.54) is 0 Å². The van der Waals surface area contributed by atoms with Crippen LogP contribution in [0.1, 0.15) is 13.2 Å². The van der Waals surface area contributed by atoms with Crippen LogP contribution < -0.4 is 16.6 Å². The molecule has 8 N–H and O–H groups in total. The van der Waals surface area contributed by atoms with Gasteiger partial charge in [0.05, 0.1) is 13.2 Å². The highest BCUT2D eigenvalue weighted by molar-refractivity contribution is 7.61. The molecule has 1 aromatic heterocycles. The Kier molecular flexibility index (Phi) is 10.6. The number of hydrogen-bond acceptors (Lipinski definition) is 15. The summed E-state index contributed by atoms with van der Waals surface area (Å²) in [6.45, 7) is -0.735. The lowest BCUT2D eigenvalue weighted by atomic mass is 9.97. The zero-order valence-electron chi connectivity index (χ0n) is 20.8. The summed E-state index contributed by atoms with van der Waals surface area (Å²) in [6, 6.07) is -0.628. The van der Waals surface area contributed by atoms with E-state index in [0.717, 1.165) is 30.9 Å². The van der Waals surface area contributed by atoms with Gasteiger partial charge in [0.1, 0.15) is 42.7 Å². The molecule has 3 rings (SSSR count). The van der Waals surface area contributed by atoms with Crippen LogP contribution in [-0.4, -0.2) is 115 Å². The van der Waals surface area contributed by atoms with Crippen molar-refractivity contribution < 1.29 is 71.7 Å². The number of aliphatic hydroxyl groups excluding tert-OH is 4. The zero-order valence-corrected chi connectivity index (χ0v) is 22.6. The van der Waals surface area contributed by atoms with Gasteiger partial charge in [-0.2, -0.15) is 4.31 Å². The first-order valence-corrected chi connectivity index (χ1v) is 14.4. The van der Waals surface area contributed by atoms with Crippen molar-refractivity contribution in [1.82, 2.24) is 14.9 Å². The van der Waals surface area contributed by atoms with E-state index in [2.05, 4.69) is 14.2 Å². The molecule has 1 aromatic rings. The third kappa shape index (κ3) is 7.69. The maximum atomic E-state index is 12.5. The van der Waals surface area contributed by atoms with E-state index in [1.54, 1.807) is 0 Å². The molecule has 40 heavy (non-hydrogen) atoms. The van der Waals surface area contributed by atoms with Crippen LogP contribution in [0.4, 0.5) is 0 Å². The van der Waals surface area contributed by atoms with E-state index in [4.69, 9.17) is 18.7 Å². The number of nitrogens with one attached hydrogen (secondary N) is 2. The molecule has 2 unspecified atom stereocenters. The summed E-state index contributed by atoms with van der Waals surface area (Å²) in [6.07, 6.45) is -11.9. The molecule has 2 saturated heterocycles. The number of rotatable bonds is 11. The highest BCUT2D eigenvalue weighted by atomic mass is 31.3. The van der Waals surface area contributed by atoms with Crippen molar-refractivity contribution in [1.29, 1.82) is 0 Å². The van der Waals surface area contributed by atoms with Crippen molar-refractivity contribution in [3.8, 4) is 0 Å². The minimum absolute atomic E-state index is 0.733. The van der Waals surface area contributed by atoms with Gasteiger partial charge in [-0.25, -0.2) is 13.9 Å². The Morgan fingerprint density at radius 3 is 2.35 bits per heavy atom. The van der Waals surface area contributed by atoms with Crippen molar-refractivity contribution in [3.05, 3.63) is 33.1 Å². The second-order valence-electron chi connectivity index (χ2n) is 8.63. The number of ether oxygens (including phenoxy) is 3. The number of methoxy groups -OCH3 is 1. The van der Waals surface area contributed by atoms with E-state index in [9.17, 15) is 53.7 Å². The number of phosphoric acid groups is 2. The van der Waals surface area contributed by atoms with Crippen molar-refractivity contribution in [2.75, 3.05) is 20.3 Å². The van der Waals surface area contributed by atoms with E-state index in [-0.39, 0.29) is 0 Å². The first kappa shape index (κ1) is 32.6. The molecule has 2 aliphatic rings. The van der Waals surface area contributed by atoms with E-state index >= 15 is 0 Å². The lowest BCUT2D eigenvalue weighted by Crippen LogP contribution is -2.64. The van der Waals surface area contributed by atoms with Gasteiger partial charge in [-0.05, 0) is 0 Å². The van der Waals surface area contributed by atoms with Crippen LogP contribution in [0.15, 0.2) is 21.9 Å². The Morgan fingerprint density at radius 2 is 1.77 bits per heavy atom. The molecule has 3 heterocycles. The van der Waals surface area contributed by atoms with Gasteiger partial charge in [0, 0.05) is 26.3 Å². The van der Waals surface area contributed by atoms with Gasteiger partial charge in [-0.1, -0.05) is 0 Å². The monoisotopic (exact) mass is 621 g/mol. The summed E-state index contributed by atoms with van der Waals surface area (Å²) in [5.74, 6) is -0.733. The van der Waals surface area contributed by atoms with Crippen molar-refractivity contribution in [2.24, 2.45) is 0 Å². The molecule has 0 spiro atoms. The first-order chi connectivity index (χ1) is 18.6. The Hall–Kier alpha value is -1.87. The van der Waals surface area contributed by atoms with E-state index < -0.39 is 101 Å². The Labute approximate surface area is 224 Å². The standard InChI is InChI=1S/C18H29N3O17P2/c1-7(23)19-11-13(26)15(33-2)8(5-22)36-17(11)37-40(31,32)38-39(29,30)34-6-9-12(25)14(27)16(35-9)21-4-3-10(24)20-18(21)28/h3-4,8-9,11-17,22,25-27H,5-6H2,1-2H3,(H,19,23)(H,29,30)(H,31,32)(H,20,24,28)/t8-,9-,11-,12-,13-,14-,15+,16-,17+/m1/s1. The highest BCUT2D eigenvalue weighted by Gasteiger charge is 2.51. The van der Waals surface area contributed by atoms with Crippen molar-refractivity contribution in [2.45, 2.75) is 62.1 Å². The van der Waals surface area contributed by atoms with E-state index in [1.807, 2.05) is 4.98 Å². The summed E-state index contributed by atoms with van der Waals surface area (Å²) in [7, 11) is -9.93. The number of hydrogen-bond donors (Lipinski definition) is 8. The molecule has 0 saturated carbocycles. The smallest absolute Gasteiger partial charge is 0.394 e. The number of aromatic amines is 1. The Morgan fingerprint density at radius 1 is 1.10 bits per heavy atom. The Bertz CT molecular complexity index is 1260. The second-order valence-corrected chi connectivity index (χ2v) is 11.6. The minimum atomic E-state index is -5.59. The summed E-state index contributed by atoms with van der Waals surface area (Å²) >= 11 is 0. The lowest BCUT2D eigenvalue weighted by molar-refractivity contribution is -0.253. The van der Waals surface area contributed by atoms with Gasteiger partial charge in [-0.3, -0.25) is 28.2 Å². The van der Waals surface area contributed by atoms with Gasteiger partial charge in [0.25, 0.3) is 5.56 Å². The van der Waals surface area contributed by atoms with Gasteiger partial charge in [0.2, 0.25) is 5.91 Å². The number of carbonyl (C=O) groups excluding carboxylic acids is 1. The predicted octanol–water partition coefficient (Wildman–Crippen LogP) is -4.00. The highest BCUT2D eigenvalue weighted by Crippen LogP contribution is 2.61. The van der Waals surface area contributed by atoms with Crippen LogP contribution in [0.25, 0.3) is 0 Å². The van der Waals surface area contributed by atoms with Gasteiger partial charge >= 0.3 is 21.3 Å². The molecule has 0 radical (unpaired) electrons. The molecular weight excluding hydrogens is 592 g/mol. The third-order valence-corrected chi connectivity index (χ3v) is 8.40. The summed E-state index contributed by atoms with van der Waals surface area (Å²) in [5, 5.41) is 42.7. The quantitative estimate of drug-likeness (QED) is 0.109. The lowest BCUT2D eigenvalue weighted by Gasteiger charge is -2.43. The van der Waals surface area contributed by atoms with Crippen LogP contribution in [-0.2, 0) is 41.5 Å². The molecule has 0 bridgehead atoms. The summed E-state index contributed by atoms with van der Waals surface area (Å²) in [5.41, 5.74) is -1.74. The van der Waals surface area contributed by atoms with Crippen molar-refractivity contribution in [3.63, 3.8) is 0 Å². The van der Waals surface area contributed by atoms with Crippen molar-refractivity contribution >= 4 is 21.6 Å². The molecule has 228 valence electrons. The molecule has 11 atom stereocenters. The number of aromatic nitrogens is 2. The number of nitrogens with zero attached hydrogens (tertiary/aromatic N) is 1. The molecule has 22 heteroatoms.